The van der Waals surface area contributed by atoms with Gasteiger partial charge in [-0.1, -0.05) is 23.7 Å². The maximum Gasteiger partial charge on any atom is 0.337 e. The predicted octanol–water partition coefficient (Wildman–Crippen LogP) is 3.86. The minimum atomic E-state index is -0.331. The normalized spacial score (nSPS) is 20.1. The molecule has 2 atom stereocenters. The Hall–Kier alpha value is -2.37. The van der Waals surface area contributed by atoms with E-state index in [4.69, 9.17) is 16.3 Å². The number of piperazine rings is 1. The third kappa shape index (κ3) is 4.54. The number of carbonyl (C=O) groups excluding carboxylic acids is 2. The number of nitrogens with zero attached hydrogens (tertiary/aromatic N) is 2. The Morgan fingerprint density at radius 2 is 1.50 bits per heavy atom. The summed E-state index contributed by atoms with van der Waals surface area (Å²) < 4.78 is 4.74. The van der Waals surface area contributed by atoms with Crippen molar-refractivity contribution in [2.24, 2.45) is 0 Å². The van der Waals surface area contributed by atoms with Crippen molar-refractivity contribution >= 4 is 23.5 Å². The molecule has 3 rings (SSSR count). The second kappa shape index (κ2) is 8.76. The fourth-order valence-electron chi connectivity index (χ4n) is 3.68. The summed E-state index contributed by atoms with van der Waals surface area (Å²) in [5.41, 5.74) is 2.34. The fourth-order valence-corrected chi connectivity index (χ4v) is 3.81. The van der Waals surface area contributed by atoms with Crippen LogP contribution in [0.5, 0.6) is 0 Å². The molecule has 0 bridgehead atoms. The van der Waals surface area contributed by atoms with E-state index in [0.717, 1.165) is 12.1 Å². The third-order valence-electron chi connectivity index (χ3n) is 5.22. The van der Waals surface area contributed by atoms with Gasteiger partial charge in [-0.2, -0.15) is 0 Å². The Kier molecular flexibility index (Phi) is 6.37. The Bertz CT molecular complexity index is 824. The van der Waals surface area contributed by atoms with Crippen molar-refractivity contribution < 1.29 is 14.3 Å². The smallest absolute Gasteiger partial charge is 0.337 e. The van der Waals surface area contributed by atoms with Crippen LogP contribution in [0, 0.1) is 0 Å². The summed E-state index contributed by atoms with van der Waals surface area (Å²) in [6.45, 7) is 6.39. The molecule has 2 aromatic carbocycles. The van der Waals surface area contributed by atoms with E-state index in [0.29, 0.717) is 29.2 Å². The average Bonchev–Trinajstić information content (AvgIpc) is 2.70. The molecule has 148 valence electrons. The highest BCUT2D eigenvalue weighted by Crippen LogP contribution is 2.21. The number of halogens is 1. The van der Waals surface area contributed by atoms with Crippen molar-refractivity contribution in [3.05, 3.63) is 70.2 Å². The second-order valence-corrected chi connectivity index (χ2v) is 7.71. The van der Waals surface area contributed by atoms with Gasteiger partial charge in [-0.3, -0.25) is 9.69 Å². The molecule has 1 saturated heterocycles. The van der Waals surface area contributed by atoms with E-state index < -0.39 is 0 Å². The minimum absolute atomic E-state index is 0.0393. The zero-order chi connectivity index (χ0) is 20.3. The van der Waals surface area contributed by atoms with Crippen LogP contribution in [-0.2, 0) is 11.3 Å². The highest BCUT2D eigenvalue weighted by Gasteiger charge is 2.32. The van der Waals surface area contributed by atoms with E-state index >= 15 is 0 Å². The van der Waals surface area contributed by atoms with E-state index in [9.17, 15) is 9.59 Å². The summed E-state index contributed by atoms with van der Waals surface area (Å²) in [5.74, 6) is -0.292. The van der Waals surface area contributed by atoms with Crippen molar-refractivity contribution in [1.82, 2.24) is 9.80 Å². The lowest BCUT2D eigenvalue weighted by Crippen LogP contribution is -2.57. The molecule has 6 heteroatoms. The first-order valence-electron chi connectivity index (χ1n) is 9.37. The lowest BCUT2D eigenvalue weighted by Gasteiger charge is -2.44. The van der Waals surface area contributed by atoms with Gasteiger partial charge >= 0.3 is 5.97 Å². The number of esters is 1. The van der Waals surface area contributed by atoms with Crippen molar-refractivity contribution in [2.75, 3.05) is 20.2 Å². The summed E-state index contributed by atoms with van der Waals surface area (Å²) in [6.07, 6.45) is 0. The molecule has 1 fully saturated rings. The Morgan fingerprint density at radius 3 is 2.04 bits per heavy atom. The minimum Gasteiger partial charge on any atom is -0.465 e. The first-order valence-corrected chi connectivity index (χ1v) is 9.74. The molecule has 1 amide bonds. The van der Waals surface area contributed by atoms with Crippen molar-refractivity contribution in [1.29, 1.82) is 0 Å². The van der Waals surface area contributed by atoms with Crippen LogP contribution >= 0.6 is 11.6 Å². The molecule has 0 aliphatic carbocycles. The molecule has 0 aromatic heterocycles. The van der Waals surface area contributed by atoms with Gasteiger partial charge in [-0.15, -0.1) is 0 Å². The summed E-state index contributed by atoms with van der Waals surface area (Å²) in [5, 5.41) is 0.626. The molecule has 1 aliphatic rings. The number of hydrogen-bond donors (Lipinski definition) is 0. The number of carbonyl (C=O) groups is 2. The highest BCUT2D eigenvalue weighted by molar-refractivity contribution is 6.30. The molecular formula is C22H25ClN2O3. The van der Waals surface area contributed by atoms with Gasteiger partial charge in [-0.25, -0.2) is 4.79 Å². The Labute approximate surface area is 170 Å². The van der Waals surface area contributed by atoms with Crippen molar-refractivity contribution in [3.63, 3.8) is 0 Å². The van der Waals surface area contributed by atoms with Gasteiger partial charge in [0.1, 0.15) is 0 Å². The van der Waals surface area contributed by atoms with Gasteiger partial charge in [-0.05, 0) is 55.8 Å². The van der Waals surface area contributed by atoms with Gasteiger partial charge in [0.15, 0.2) is 0 Å². The maximum absolute atomic E-state index is 12.8. The van der Waals surface area contributed by atoms with Crippen LogP contribution in [0.4, 0.5) is 0 Å². The fraction of sp³-hybridized carbons (Fsp3) is 0.364. The molecule has 5 nitrogen and oxygen atoms in total. The molecule has 2 unspecified atom stereocenters. The summed E-state index contributed by atoms with van der Waals surface area (Å²) in [6, 6.07) is 15.0. The van der Waals surface area contributed by atoms with Gasteiger partial charge < -0.3 is 9.64 Å². The molecule has 0 spiro atoms. The first-order chi connectivity index (χ1) is 13.4. The number of ether oxygens (including phenoxy) is 1. The SMILES string of the molecule is COC(=O)c1ccc(CN2C(C)CN(C(=O)c3ccc(Cl)cc3)CC2C)cc1. The average molecular weight is 401 g/mol. The monoisotopic (exact) mass is 400 g/mol. The molecule has 0 N–H and O–H groups in total. The van der Waals surface area contributed by atoms with Gasteiger partial charge in [0.2, 0.25) is 0 Å². The number of methoxy groups -OCH3 is 1. The van der Waals surface area contributed by atoms with E-state index in [1.165, 1.54) is 7.11 Å². The van der Waals surface area contributed by atoms with Gasteiger partial charge in [0.25, 0.3) is 5.91 Å². The van der Waals surface area contributed by atoms with Crippen LogP contribution in [0.25, 0.3) is 0 Å². The highest BCUT2D eigenvalue weighted by atomic mass is 35.5. The van der Waals surface area contributed by atoms with Crippen LogP contribution in [0.2, 0.25) is 5.02 Å². The lowest BCUT2D eigenvalue weighted by atomic mass is 10.0. The van der Waals surface area contributed by atoms with Crippen LogP contribution in [-0.4, -0.2) is 54.0 Å². The molecule has 2 aromatic rings. The molecule has 1 heterocycles. The van der Waals surface area contributed by atoms with E-state index in [1.54, 1.807) is 36.4 Å². The van der Waals surface area contributed by atoms with Crippen LogP contribution < -0.4 is 0 Å². The molecule has 0 radical (unpaired) electrons. The molecular weight excluding hydrogens is 376 g/mol. The molecule has 1 aliphatic heterocycles. The van der Waals surface area contributed by atoms with E-state index in [1.807, 2.05) is 17.0 Å². The summed E-state index contributed by atoms with van der Waals surface area (Å²) in [7, 11) is 1.38. The standard InChI is InChI=1S/C22H25ClN2O3/c1-15-12-24(21(26)18-8-10-20(23)11-9-18)13-16(2)25(15)14-17-4-6-19(7-5-17)22(27)28-3/h4-11,15-16H,12-14H2,1-3H3. The van der Waals surface area contributed by atoms with Crippen molar-refractivity contribution in [2.45, 2.75) is 32.5 Å². The quantitative estimate of drug-likeness (QED) is 0.731. The topological polar surface area (TPSA) is 49.9 Å². The summed E-state index contributed by atoms with van der Waals surface area (Å²) in [4.78, 5) is 28.7. The largest absolute Gasteiger partial charge is 0.465 e. The van der Waals surface area contributed by atoms with Crippen LogP contribution in [0.1, 0.15) is 40.1 Å². The van der Waals surface area contributed by atoms with Crippen LogP contribution in [0.15, 0.2) is 48.5 Å². The molecule has 0 saturated carbocycles. The Morgan fingerprint density at radius 1 is 0.964 bits per heavy atom. The summed E-state index contributed by atoms with van der Waals surface area (Å²) >= 11 is 5.92. The van der Waals surface area contributed by atoms with Crippen LogP contribution in [0.3, 0.4) is 0 Å². The number of hydrogen-bond acceptors (Lipinski definition) is 4. The van der Waals surface area contributed by atoms with Crippen molar-refractivity contribution in [3.8, 4) is 0 Å². The van der Waals surface area contributed by atoms with Gasteiger partial charge in [0, 0.05) is 42.3 Å². The zero-order valence-electron chi connectivity index (χ0n) is 16.4. The molecule has 28 heavy (non-hydrogen) atoms. The predicted molar refractivity (Wildman–Crippen MR) is 110 cm³/mol. The number of benzene rings is 2. The van der Waals surface area contributed by atoms with Gasteiger partial charge in [0.05, 0.1) is 12.7 Å². The Balaban J connectivity index is 1.65. The maximum atomic E-state index is 12.8. The van der Waals surface area contributed by atoms with E-state index in [2.05, 4.69) is 18.7 Å². The van der Waals surface area contributed by atoms with E-state index in [-0.39, 0.29) is 24.0 Å². The number of rotatable bonds is 4. The third-order valence-corrected chi connectivity index (χ3v) is 5.47. The number of amides is 1. The second-order valence-electron chi connectivity index (χ2n) is 7.28. The lowest BCUT2D eigenvalue weighted by molar-refractivity contribution is 0.0269. The zero-order valence-corrected chi connectivity index (χ0v) is 17.1. The first kappa shape index (κ1) is 20.4.